The molecule has 10 rings (SSSR count). The predicted molar refractivity (Wildman–Crippen MR) is 244 cm³/mol. The summed E-state index contributed by atoms with van der Waals surface area (Å²) in [5.41, 5.74) is 5.97. The average molecular weight is 984 g/mol. The number of pyridine rings is 1. The summed E-state index contributed by atoms with van der Waals surface area (Å²) in [4.78, 5) is 6.89. The molecule has 0 saturated carbocycles. The van der Waals surface area contributed by atoms with Gasteiger partial charge in [0.05, 0.1) is 0 Å². The van der Waals surface area contributed by atoms with E-state index >= 15 is 0 Å². The molecule has 0 amide bonds. The molecule has 0 fully saturated rings. The summed E-state index contributed by atoms with van der Waals surface area (Å²) in [6.07, 6.45) is 4.32. The van der Waals surface area contributed by atoms with E-state index in [-0.39, 0.29) is 34.9 Å². The predicted octanol–water partition coefficient (Wildman–Crippen LogP) is 12.6. The molecule has 0 bridgehead atoms. The number of anilines is 2. The Morgan fingerprint density at radius 2 is 1.41 bits per heavy atom. The van der Waals surface area contributed by atoms with Crippen LogP contribution in [0.1, 0.15) is 52.5 Å². The van der Waals surface area contributed by atoms with Crippen molar-refractivity contribution in [2.45, 2.75) is 46.4 Å². The van der Waals surface area contributed by atoms with E-state index in [2.05, 4.69) is 48.3 Å². The normalized spacial score (nSPS) is 14.7. The van der Waals surface area contributed by atoms with Gasteiger partial charge in [0.2, 0.25) is 0 Å². The molecule has 7 nitrogen and oxygen atoms in total. The molecule has 0 atom stereocenters. The summed E-state index contributed by atoms with van der Waals surface area (Å²) in [5.74, 6) is 1.56. The van der Waals surface area contributed by atoms with E-state index in [0.29, 0.717) is 37.6 Å². The second kappa shape index (κ2) is 15.5. The third-order valence-corrected chi connectivity index (χ3v) is 11.9. The monoisotopic (exact) mass is 983 g/mol. The number of nitrogens with zero attached hydrogens (tertiary/aromatic N) is 6. The van der Waals surface area contributed by atoms with E-state index in [1.54, 1.807) is 30.6 Å². The molecule has 9 heteroatoms. The van der Waals surface area contributed by atoms with Crippen molar-refractivity contribution in [1.82, 2.24) is 23.8 Å². The van der Waals surface area contributed by atoms with Gasteiger partial charge in [-0.2, -0.15) is 5.10 Å². The minimum atomic E-state index is -0.629. The molecule has 0 radical (unpaired) electrons. The quantitative estimate of drug-likeness (QED) is 0.112. The van der Waals surface area contributed by atoms with Crippen LogP contribution in [0.3, 0.4) is 0 Å². The Kier molecular flexibility index (Phi) is 7.34. The van der Waals surface area contributed by atoms with Crippen molar-refractivity contribution in [3.8, 4) is 56.4 Å². The van der Waals surface area contributed by atoms with Crippen molar-refractivity contribution in [3.63, 3.8) is 0 Å². The molecule has 9 aromatic rings. The van der Waals surface area contributed by atoms with E-state index in [0.717, 1.165) is 34.6 Å². The van der Waals surface area contributed by atoms with Gasteiger partial charge < -0.3 is 0 Å². The summed E-state index contributed by atoms with van der Waals surface area (Å²) < 4.78 is 102. The fourth-order valence-corrected chi connectivity index (χ4v) is 9.05. The van der Waals surface area contributed by atoms with E-state index in [4.69, 9.17) is 17.9 Å². The van der Waals surface area contributed by atoms with Gasteiger partial charge >= 0.3 is 341 Å². The number of imidazole rings is 1. The van der Waals surface area contributed by atoms with E-state index in [9.17, 15) is 5.48 Å². The molecule has 0 unspecified atom stereocenters. The molecule has 1 aliphatic rings. The number of aromatic nitrogens is 5. The molecule has 302 valence electrons. The summed E-state index contributed by atoms with van der Waals surface area (Å²) in [7, 11) is 0. The molecule has 6 aromatic carbocycles. The van der Waals surface area contributed by atoms with Crippen molar-refractivity contribution in [2.75, 3.05) is 4.81 Å². The topological polar surface area (TPSA) is 53.0 Å². The van der Waals surface area contributed by atoms with Crippen LogP contribution in [0.25, 0.3) is 55.9 Å². The molecule has 0 saturated heterocycles. The van der Waals surface area contributed by atoms with E-state index < -0.39 is 65.8 Å². The average Bonchev–Trinajstić information content (AvgIpc) is 3.96. The van der Waals surface area contributed by atoms with Crippen molar-refractivity contribution >= 4 is 29.5 Å². The Balaban J connectivity index is 1.20. The summed E-state index contributed by atoms with van der Waals surface area (Å²) in [6, 6.07) is 28.3. The first-order chi connectivity index (χ1) is 33.8. The maximum absolute atomic E-state index is 9.27. The third-order valence-electron chi connectivity index (χ3n) is 10.8. The molecule has 61 heavy (non-hydrogen) atoms. The molecule has 3 aromatic heterocycles. The minimum absolute atomic E-state index is 0.110. The van der Waals surface area contributed by atoms with Gasteiger partial charge in [-0.15, -0.1) is 0 Å². The van der Waals surface area contributed by atoms with Crippen LogP contribution in [0, 0.1) is 22.9 Å². The van der Waals surface area contributed by atoms with Gasteiger partial charge in [-0.25, -0.2) is 0 Å². The number of ether oxygens (including phenoxy) is 1. The van der Waals surface area contributed by atoms with Crippen LogP contribution < -0.4 is 9.55 Å². The van der Waals surface area contributed by atoms with Crippen molar-refractivity contribution in [3.05, 3.63) is 185 Å². The fraction of sp³-hybridized carbons (Fsp3) is 0.135. The fourth-order valence-electron chi connectivity index (χ4n) is 7.98. The Labute approximate surface area is 382 Å². The molecule has 4 heterocycles. The van der Waals surface area contributed by atoms with Crippen LogP contribution in [0.15, 0.2) is 158 Å². The van der Waals surface area contributed by atoms with Gasteiger partial charge in [0.25, 0.3) is 0 Å². The van der Waals surface area contributed by atoms with Crippen LogP contribution in [-0.4, -0.2) is 30.8 Å². The summed E-state index contributed by atoms with van der Waals surface area (Å²) in [6.45, 7) is 9.80. The second-order valence-electron chi connectivity index (χ2n) is 15.8. The number of hydrogen-bond acceptors (Lipinski definition) is 4. The van der Waals surface area contributed by atoms with Crippen LogP contribution in [0.5, 0.6) is 11.5 Å². The molecule has 1 aliphatic heterocycles. The first-order valence-corrected chi connectivity index (χ1v) is 21.0. The van der Waals surface area contributed by atoms with E-state index in [1.807, 2.05) is 108 Å². The zero-order valence-electron chi connectivity index (χ0n) is 43.9. The molecule has 0 N–H and O–H groups in total. The molecule has 0 aliphatic carbocycles. The van der Waals surface area contributed by atoms with E-state index in [1.165, 1.54) is 0 Å². The number of para-hydroxylation sites is 2. The van der Waals surface area contributed by atoms with Gasteiger partial charge in [-0.05, 0) is 18.6 Å². The SMILES string of the molecule is [2H]c1c([2H])c([2H])c(-c2cc(C(C)(C)C)cc(-c3c([2H])c([2H])c([2H])c([2H])c3[2H])c2-n2[c](=[Pt])n(-c3[c-]c(Oc4[c-]c5c(cc4)-c4ccnn4B(CC)N5c4cc(C)ccn4)ccc3)c3ccccc32)c([2H])c1[2H]. The Morgan fingerprint density at radius 1 is 0.738 bits per heavy atom. The maximum atomic E-state index is 9.27. The zero-order chi connectivity index (χ0) is 50.5. The Morgan fingerprint density at radius 3 is 2.07 bits per heavy atom. The summed E-state index contributed by atoms with van der Waals surface area (Å²) in [5, 5.41) is 4.69. The number of aryl methyl sites for hydroxylation is 1. The Hall–Kier alpha value is -6.50. The Bertz CT molecular complexity index is 3610. The van der Waals surface area contributed by atoms with Crippen LogP contribution in [0.4, 0.5) is 11.5 Å². The van der Waals surface area contributed by atoms with Crippen molar-refractivity contribution < 1.29 is 37.8 Å². The van der Waals surface area contributed by atoms with Gasteiger partial charge in [0.15, 0.2) is 0 Å². The first-order valence-electron chi connectivity index (χ1n) is 24.9. The standard InChI is InChI=1S/C52H43BN6O.Pt/c1-6-53-58(50-30-36(2)26-28-54-50)49-34-42(24-25-43(49)46-27-29-55-59(46)53)60-41-21-15-20-40(33-41)56-35-57(48-23-14-13-22-47(48)56)51-44(37-16-9-7-10-17-37)31-39(52(3,4)5)32-45(51)38-18-11-8-12-19-38;/h7-32H,6H2,1-5H3;/q-2;/i7D,8D,9D,10D,11D,12D,16D,17D,18D,19D;. The van der Waals surface area contributed by atoms with Gasteiger partial charge in [0, 0.05) is 12.4 Å². The zero-order valence-corrected chi connectivity index (χ0v) is 36.2. The van der Waals surface area contributed by atoms with Gasteiger partial charge in [-0.1, -0.05) is 6.92 Å². The van der Waals surface area contributed by atoms with Gasteiger partial charge in [0.1, 0.15) is 0 Å². The van der Waals surface area contributed by atoms with Crippen LogP contribution in [0.2, 0.25) is 6.32 Å². The summed E-state index contributed by atoms with van der Waals surface area (Å²) >= 11 is 2.16. The van der Waals surface area contributed by atoms with Crippen LogP contribution in [-0.2, 0) is 24.8 Å². The number of benzene rings is 6. The number of hydrogen-bond donors (Lipinski definition) is 0. The van der Waals surface area contributed by atoms with Crippen LogP contribution >= 0.6 is 0 Å². The number of rotatable bonds is 8. The third kappa shape index (κ3) is 6.89. The van der Waals surface area contributed by atoms with Crippen molar-refractivity contribution in [2.24, 2.45) is 0 Å². The molecular weight excluding hydrogens is 931 g/mol. The number of fused-ring (bicyclic) bond motifs is 4. The first kappa shape index (κ1) is 28.9. The van der Waals surface area contributed by atoms with Gasteiger partial charge in [-0.3, -0.25) is 0 Å². The van der Waals surface area contributed by atoms with Crippen molar-refractivity contribution in [1.29, 1.82) is 0 Å². The molecular formula is C52H43BN6OPt-2. The second-order valence-corrected chi connectivity index (χ2v) is 16.8. The molecule has 0 spiro atoms.